The number of hydrogen-bond donors (Lipinski definition) is 0. The maximum atomic E-state index is 14.5. The monoisotopic (exact) mass is 2290 g/mol. The maximum absolute atomic E-state index is 14.5. The summed E-state index contributed by atoms with van der Waals surface area (Å²) in [6.07, 6.45) is 0. The zero-order chi connectivity index (χ0) is 92.5. The molecule has 0 radical (unpaired) electrons. The van der Waals surface area contributed by atoms with Gasteiger partial charge in [-0.3, -0.25) is 9.59 Å². The third-order valence-electron chi connectivity index (χ3n) is 24.5. The molecule has 2 aromatic heterocycles. The van der Waals surface area contributed by atoms with Crippen molar-refractivity contribution in [3.8, 4) is 22.3 Å². The molecule has 1 saturated heterocycles. The summed E-state index contributed by atoms with van der Waals surface area (Å²) in [5.74, 6) is 0. The van der Waals surface area contributed by atoms with Crippen LogP contribution in [0.2, 0.25) is 0 Å². The van der Waals surface area contributed by atoms with Gasteiger partial charge in [0.2, 0.25) is 0 Å². The number of nitrogens with zero attached hydrogens (tertiary/aromatic N) is 3. The lowest BCUT2D eigenvalue weighted by molar-refractivity contribution is 0.00578. The Morgan fingerprint density at radius 1 is 0.308 bits per heavy atom. The van der Waals surface area contributed by atoms with Gasteiger partial charge < -0.3 is 24.0 Å². The fourth-order valence-corrected chi connectivity index (χ4v) is 302. The second kappa shape index (κ2) is 43.2. The number of para-hydroxylation sites is 6. The summed E-state index contributed by atoms with van der Waals surface area (Å²) < 4.78 is 18.5. The fraction of sp³-hybridized carbons (Fsp3) is 0.158. The highest BCUT2D eigenvalue weighted by Gasteiger charge is 2.52. The molecule has 0 spiro atoms. The van der Waals surface area contributed by atoms with E-state index in [1.807, 2.05) is 36.4 Å². The van der Waals surface area contributed by atoms with Crippen LogP contribution in [0.15, 0.2) is 310 Å². The molecule has 6 heterocycles. The van der Waals surface area contributed by atoms with Gasteiger partial charge in [-0.15, -0.1) is 130 Å². The molecule has 0 amide bonds. The van der Waals surface area contributed by atoms with E-state index in [4.69, 9.17) is 9.31 Å². The molecule has 130 heavy (non-hydrogen) atoms. The number of rotatable bonds is 16. The Balaban J connectivity index is 0.000000145. The van der Waals surface area contributed by atoms with Gasteiger partial charge in [-0.1, -0.05) is 239 Å². The van der Waals surface area contributed by atoms with Crippen LogP contribution in [-0.4, -0.2) is 18.3 Å². The first-order valence-corrected chi connectivity index (χ1v) is 86.0. The second-order valence-electron chi connectivity index (χ2n) is 34.3. The van der Waals surface area contributed by atoms with Crippen molar-refractivity contribution in [2.24, 2.45) is 0 Å². The number of hydrogen-bond acceptors (Lipinski definition) is 9. The van der Waals surface area contributed by atoms with E-state index in [2.05, 4.69) is 478 Å². The number of halogens is 2. The number of benzene rings is 13. The summed E-state index contributed by atoms with van der Waals surface area (Å²) in [7, 11) is 39.1. The van der Waals surface area contributed by atoms with Crippen LogP contribution >= 0.6 is 240 Å². The minimum Gasteiger partial charge on any atom is -0.399 e. The van der Waals surface area contributed by atoms with Crippen LogP contribution in [0, 0.1) is 0 Å². The Labute approximate surface area is 832 Å². The van der Waals surface area contributed by atoms with Gasteiger partial charge in [0.1, 0.15) is 0 Å². The van der Waals surface area contributed by atoms with Gasteiger partial charge in [-0.25, -0.2) is 0 Å². The van der Waals surface area contributed by atoms with Gasteiger partial charge in [0.15, 0.2) is 10.9 Å². The lowest BCUT2D eigenvalue weighted by Gasteiger charge is -2.47. The van der Waals surface area contributed by atoms with Gasteiger partial charge >= 0.3 is 7.12 Å². The van der Waals surface area contributed by atoms with Crippen LogP contribution in [0.5, 0.6) is 0 Å². The first kappa shape index (κ1) is 103. The summed E-state index contributed by atoms with van der Waals surface area (Å²) >= 11 is 10.1. The third-order valence-corrected chi connectivity index (χ3v) is 175. The Hall–Kier alpha value is -0.125. The summed E-state index contributed by atoms with van der Waals surface area (Å²) in [5.41, 5.74) is 22.7. The van der Waals surface area contributed by atoms with Crippen LogP contribution in [0.3, 0.4) is 0 Å². The average molecular weight is 2300 g/mol. The van der Waals surface area contributed by atoms with Crippen LogP contribution in [-0.2, 0) is 25.6 Å². The van der Waals surface area contributed by atoms with Crippen molar-refractivity contribution in [2.45, 2.75) is 96.7 Å². The standard InChI is InChI=1S/C55H42N2OS.C27H30BNO2.C13H6Br2OS.H25P23/c1-54(2)43-19-5-9-23-47(43)56(48-24-10-6-20-44(48)54)39-17-13-15-35(31-39)37-27-29-51-41(33-37)53(58)42-34-38(28-30-52(42)59-51)36-16-14-18-40(32-36)57-49-25-11-7-21-45(49)55(3,4)46-22-8-12-26-50(46)57;1-25(2)21-14-7-9-16-23(21)29(24-17-10-8-15-22(24)25)20-13-11-12-19(18-20)28-30-26(3,4)27(5,6)31-28;14-7-1-3-11-9(5-7)13(16)10-6-8(15)2-4-12(10)17-11;1-13-19(12)22(18(10)11)23(20(14(2)3)15(4)5)21(16(6)7)17(8)9/h5-34H,1-4H3;7-18H,1-6H3;1-6H;13H,1-12H2. The molecule has 15 atom stereocenters. The fourth-order valence-electron chi connectivity index (χ4n) is 17.5. The van der Waals surface area contributed by atoms with Gasteiger partial charge in [0.25, 0.3) is 0 Å². The lowest BCUT2D eigenvalue weighted by Crippen LogP contribution is -2.41. The van der Waals surface area contributed by atoms with Crippen LogP contribution < -0.4 is 31.0 Å². The van der Waals surface area contributed by atoms with Crippen molar-refractivity contribution in [3.05, 3.63) is 354 Å². The number of anilines is 9. The van der Waals surface area contributed by atoms with E-state index in [1.54, 1.807) is 22.7 Å². The Kier molecular flexibility index (Phi) is 34.1. The molecule has 0 N–H and O–H groups in total. The van der Waals surface area contributed by atoms with Crippen LogP contribution in [0.4, 0.5) is 51.2 Å². The maximum Gasteiger partial charge on any atom is 0.494 e. The zero-order valence-corrected chi connectivity index (χ0v) is 102. The summed E-state index contributed by atoms with van der Waals surface area (Å²) in [4.78, 5) is 34.0. The van der Waals surface area contributed by atoms with E-state index in [0.29, 0.717) is 0 Å². The molecule has 666 valence electrons. The smallest absolute Gasteiger partial charge is 0.399 e. The number of fused-ring (bicyclic) bond motifs is 10. The molecular formula is C95H103BBr2N3O4P23S2. The highest BCUT2D eigenvalue weighted by Crippen LogP contribution is 3.33. The molecule has 7 nitrogen and oxygen atoms in total. The topological polar surface area (TPSA) is 62.3 Å². The molecule has 0 saturated carbocycles. The normalized spacial score (nSPS) is 15.9. The van der Waals surface area contributed by atoms with Crippen LogP contribution in [0.25, 0.3) is 62.6 Å². The molecule has 19 rings (SSSR count). The van der Waals surface area contributed by atoms with Gasteiger partial charge in [-0.05, 0) is 292 Å². The molecule has 0 bridgehead atoms. The Morgan fingerprint density at radius 3 is 0.877 bits per heavy atom. The molecule has 0 aliphatic carbocycles. The first-order valence-electron chi connectivity index (χ1n) is 41.6. The zero-order valence-electron chi connectivity index (χ0n) is 73.2. The molecule has 4 aliphatic heterocycles. The average Bonchev–Trinajstić information content (AvgIpc) is 0.860. The molecule has 35 heteroatoms. The van der Waals surface area contributed by atoms with Gasteiger partial charge in [0.05, 0.1) is 45.3 Å². The molecule has 13 aromatic carbocycles. The quantitative estimate of drug-likeness (QED) is 0.0543. The Bertz CT molecular complexity index is 6460. The highest BCUT2D eigenvalue weighted by atomic mass is 79.9. The van der Waals surface area contributed by atoms with Crippen molar-refractivity contribution in [1.82, 2.24) is 0 Å². The molecule has 15 unspecified atom stereocenters. The van der Waals surface area contributed by atoms with Gasteiger partial charge in [-0.2, -0.15) is 0 Å². The minimum atomic E-state index is -0.378. The predicted molar refractivity (Wildman–Crippen MR) is 654 cm³/mol. The molecular weight excluding hydrogens is 2190 g/mol. The van der Waals surface area contributed by atoms with E-state index >= 15 is 0 Å². The van der Waals surface area contributed by atoms with Crippen molar-refractivity contribution in [1.29, 1.82) is 0 Å². The summed E-state index contributed by atoms with van der Waals surface area (Å²) in [5, 5.41) is 3.04. The van der Waals surface area contributed by atoms with Crippen molar-refractivity contribution in [2.75, 3.05) is 14.7 Å². The largest absolute Gasteiger partial charge is 0.494 e. The first-order chi connectivity index (χ1) is 61.9. The Morgan fingerprint density at radius 2 is 0.577 bits per heavy atom. The minimum absolute atomic E-state index is 0.00774. The highest BCUT2D eigenvalue weighted by molar-refractivity contribution is 9.39. The van der Waals surface area contributed by atoms with E-state index in [0.717, 1.165) is 102 Å². The second-order valence-corrected chi connectivity index (χ2v) is 128. The van der Waals surface area contributed by atoms with E-state index in [1.165, 1.54) is 67.5 Å². The SMILES string of the molecule is CC1(C)c2ccccc2N(c2cccc(-c3ccc4sc5ccc(-c6cccc(N7c8ccccc8C(C)(C)c8ccccc87)c6)cc5c(=O)c4c3)c2)c2ccccc21.CC1(C)c2ccccc2N(c2cccc(B3OC(C)(C)C(C)(C)O3)c2)c2ccccc21.O=c1c2cc(Br)ccc2sc2ccc(Br)cc12.PPP(P)P(P(P)P)P(P(P(P)P)P(P)P)P(P(P)P)P(P)P. The molecule has 15 aromatic rings. The van der Waals surface area contributed by atoms with Crippen molar-refractivity contribution >= 4 is 344 Å². The van der Waals surface area contributed by atoms with E-state index in [-0.39, 0.29) is 115 Å². The summed E-state index contributed by atoms with van der Waals surface area (Å²) in [6, 6.07) is 103. The molecule has 4 aliphatic rings. The van der Waals surface area contributed by atoms with Crippen molar-refractivity contribution in [3.63, 3.8) is 0 Å². The van der Waals surface area contributed by atoms with E-state index < -0.39 is 0 Å². The van der Waals surface area contributed by atoms with Crippen LogP contribution in [0.1, 0.15) is 103 Å². The van der Waals surface area contributed by atoms with Gasteiger partial charge in [0, 0.05) is 82.6 Å². The predicted octanol–water partition coefficient (Wildman–Crippen LogP) is 39.1. The lowest BCUT2D eigenvalue weighted by atomic mass is 9.73. The summed E-state index contributed by atoms with van der Waals surface area (Å²) in [6.45, 7) is 22.9. The van der Waals surface area contributed by atoms with E-state index in [9.17, 15) is 9.59 Å². The molecule has 1 fully saturated rings. The van der Waals surface area contributed by atoms with Crippen molar-refractivity contribution < 1.29 is 9.31 Å². The third kappa shape index (κ3) is 21.0.